The Morgan fingerprint density at radius 1 is 1.00 bits per heavy atom. The van der Waals surface area contributed by atoms with Gasteiger partial charge in [-0.1, -0.05) is 67.1 Å². The fourth-order valence-electron chi connectivity index (χ4n) is 2.33. The zero-order valence-corrected chi connectivity index (χ0v) is 11.8. The van der Waals surface area contributed by atoms with E-state index in [1.165, 1.54) is 5.56 Å². The van der Waals surface area contributed by atoms with Crippen LogP contribution >= 0.6 is 11.6 Å². The van der Waals surface area contributed by atoms with Gasteiger partial charge >= 0.3 is 0 Å². The van der Waals surface area contributed by atoms with Crippen molar-refractivity contribution in [3.05, 3.63) is 70.7 Å². The summed E-state index contributed by atoms with van der Waals surface area (Å²) in [6.45, 7) is 2.14. The van der Waals surface area contributed by atoms with Gasteiger partial charge in [-0.2, -0.15) is 0 Å². The molecule has 0 spiro atoms. The zero-order chi connectivity index (χ0) is 13.7. The lowest BCUT2D eigenvalue weighted by Crippen LogP contribution is -2.14. The highest BCUT2D eigenvalue weighted by atomic mass is 35.5. The van der Waals surface area contributed by atoms with Gasteiger partial charge in [0.25, 0.3) is 0 Å². The van der Waals surface area contributed by atoms with Gasteiger partial charge in [0.05, 0.1) is 6.10 Å². The lowest BCUT2D eigenvalue weighted by molar-refractivity contribution is 0.157. The van der Waals surface area contributed by atoms with Gasteiger partial charge in [0.2, 0.25) is 0 Å². The highest BCUT2D eigenvalue weighted by Crippen LogP contribution is 2.23. The van der Waals surface area contributed by atoms with Crippen molar-refractivity contribution in [1.82, 2.24) is 0 Å². The summed E-state index contributed by atoms with van der Waals surface area (Å²) in [5.41, 5.74) is 2.28. The maximum atomic E-state index is 10.2. The summed E-state index contributed by atoms with van der Waals surface area (Å²) in [6, 6.07) is 18.0. The number of halogens is 1. The van der Waals surface area contributed by atoms with Crippen molar-refractivity contribution in [3.63, 3.8) is 0 Å². The zero-order valence-electron chi connectivity index (χ0n) is 11.1. The number of aliphatic hydroxyl groups is 1. The van der Waals surface area contributed by atoms with Crippen LogP contribution in [0.2, 0.25) is 5.02 Å². The smallest absolute Gasteiger partial charge is 0.0586 e. The number of hydrogen-bond donors (Lipinski definition) is 1. The molecule has 2 aromatic carbocycles. The van der Waals surface area contributed by atoms with Crippen LogP contribution < -0.4 is 0 Å². The molecule has 2 heteroatoms. The van der Waals surface area contributed by atoms with Gasteiger partial charge in [-0.3, -0.25) is 0 Å². The van der Waals surface area contributed by atoms with Crippen molar-refractivity contribution in [2.45, 2.75) is 31.8 Å². The monoisotopic (exact) mass is 274 g/mol. The number of rotatable bonds is 5. The molecule has 0 bridgehead atoms. The Hall–Kier alpha value is -1.31. The lowest BCUT2D eigenvalue weighted by atomic mass is 9.92. The summed E-state index contributed by atoms with van der Waals surface area (Å²) < 4.78 is 0. The average Bonchev–Trinajstić information content (AvgIpc) is 2.42. The van der Waals surface area contributed by atoms with Crippen molar-refractivity contribution in [2.24, 2.45) is 0 Å². The second-order valence-electron chi connectivity index (χ2n) is 5.00. The number of aliphatic hydroxyl groups excluding tert-OH is 1. The molecule has 0 aromatic heterocycles. The number of benzene rings is 2. The van der Waals surface area contributed by atoms with Gasteiger partial charge in [0, 0.05) is 5.02 Å². The first-order valence-corrected chi connectivity index (χ1v) is 7.01. The Bertz CT molecular complexity index is 510. The van der Waals surface area contributed by atoms with E-state index in [-0.39, 0.29) is 6.10 Å². The van der Waals surface area contributed by atoms with Gasteiger partial charge in [-0.15, -0.1) is 0 Å². The average molecular weight is 275 g/mol. The topological polar surface area (TPSA) is 20.2 Å². The summed E-state index contributed by atoms with van der Waals surface area (Å²) in [5.74, 6) is 0.346. The highest BCUT2D eigenvalue weighted by Gasteiger charge is 2.13. The third kappa shape index (κ3) is 4.09. The molecule has 0 amide bonds. The molecule has 0 heterocycles. The Labute approximate surface area is 119 Å². The van der Waals surface area contributed by atoms with E-state index < -0.39 is 0 Å². The minimum atomic E-state index is -0.366. The van der Waals surface area contributed by atoms with Crippen molar-refractivity contribution < 1.29 is 5.11 Å². The molecule has 2 unspecified atom stereocenters. The lowest BCUT2D eigenvalue weighted by Gasteiger charge is -2.17. The van der Waals surface area contributed by atoms with Crippen molar-refractivity contribution in [1.29, 1.82) is 0 Å². The van der Waals surface area contributed by atoms with Crippen LogP contribution in [0.1, 0.15) is 30.4 Å². The summed E-state index contributed by atoms with van der Waals surface area (Å²) in [7, 11) is 0. The molecule has 0 aliphatic rings. The highest BCUT2D eigenvalue weighted by molar-refractivity contribution is 6.31. The third-order valence-corrected chi connectivity index (χ3v) is 3.78. The van der Waals surface area contributed by atoms with Crippen LogP contribution in [0, 0.1) is 0 Å². The largest absolute Gasteiger partial charge is 0.393 e. The molecule has 0 saturated carbocycles. The molecular weight excluding hydrogens is 256 g/mol. The van der Waals surface area contributed by atoms with E-state index in [1.807, 2.05) is 42.5 Å². The molecular formula is C17H19ClO. The Kier molecular flexibility index (Phi) is 5.00. The van der Waals surface area contributed by atoms with Crippen LogP contribution in [0.25, 0.3) is 0 Å². The summed E-state index contributed by atoms with van der Waals surface area (Å²) in [6.07, 6.45) is 0.988. The van der Waals surface area contributed by atoms with Gasteiger partial charge in [-0.25, -0.2) is 0 Å². The Morgan fingerprint density at radius 2 is 1.63 bits per heavy atom. The molecule has 1 N–H and O–H groups in total. The maximum Gasteiger partial charge on any atom is 0.0586 e. The van der Waals surface area contributed by atoms with E-state index in [2.05, 4.69) is 19.1 Å². The van der Waals surface area contributed by atoms with E-state index in [9.17, 15) is 5.11 Å². The van der Waals surface area contributed by atoms with Crippen molar-refractivity contribution in [2.75, 3.05) is 0 Å². The van der Waals surface area contributed by atoms with E-state index in [4.69, 9.17) is 11.6 Å². The molecule has 0 aliphatic carbocycles. The molecule has 2 atom stereocenters. The standard InChI is InChI=1S/C17H19ClO/c1-13(14-7-3-2-4-8-14)11-16(19)12-15-9-5-6-10-17(15)18/h2-10,13,16,19H,11-12H2,1H3. The van der Waals surface area contributed by atoms with Crippen LogP contribution in [0.3, 0.4) is 0 Å². The summed E-state index contributed by atoms with van der Waals surface area (Å²) in [4.78, 5) is 0. The fraction of sp³-hybridized carbons (Fsp3) is 0.294. The fourth-order valence-corrected chi connectivity index (χ4v) is 2.54. The van der Waals surface area contributed by atoms with Crippen LogP contribution in [0.4, 0.5) is 0 Å². The SMILES string of the molecule is CC(CC(O)Cc1ccccc1Cl)c1ccccc1. The van der Waals surface area contributed by atoms with Crippen LogP contribution in [-0.4, -0.2) is 11.2 Å². The molecule has 19 heavy (non-hydrogen) atoms. The Morgan fingerprint density at radius 3 is 2.32 bits per heavy atom. The first kappa shape index (κ1) is 14.1. The van der Waals surface area contributed by atoms with E-state index in [0.29, 0.717) is 12.3 Å². The maximum absolute atomic E-state index is 10.2. The van der Waals surface area contributed by atoms with Crippen molar-refractivity contribution in [3.8, 4) is 0 Å². The van der Waals surface area contributed by atoms with Crippen LogP contribution in [0.5, 0.6) is 0 Å². The molecule has 2 rings (SSSR count). The minimum Gasteiger partial charge on any atom is -0.393 e. The summed E-state index contributed by atoms with van der Waals surface area (Å²) >= 11 is 6.11. The number of hydrogen-bond acceptors (Lipinski definition) is 1. The van der Waals surface area contributed by atoms with E-state index >= 15 is 0 Å². The molecule has 0 saturated heterocycles. The molecule has 2 aromatic rings. The van der Waals surface area contributed by atoms with Crippen molar-refractivity contribution >= 4 is 11.6 Å². The van der Waals surface area contributed by atoms with Crippen LogP contribution in [-0.2, 0) is 6.42 Å². The van der Waals surface area contributed by atoms with Crippen LogP contribution in [0.15, 0.2) is 54.6 Å². The first-order chi connectivity index (χ1) is 9.16. The third-order valence-electron chi connectivity index (χ3n) is 3.41. The second-order valence-corrected chi connectivity index (χ2v) is 5.40. The molecule has 100 valence electrons. The Balaban J connectivity index is 1.95. The summed E-state index contributed by atoms with van der Waals surface area (Å²) in [5, 5.41) is 10.9. The van der Waals surface area contributed by atoms with Gasteiger partial charge in [0.15, 0.2) is 0 Å². The molecule has 0 aliphatic heterocycles. The van der Waals surface area contributed by atoms with E-state index in [0.717, 1.165) is 17.0 Å². The quantitative estimate of drug-likeness (QED) is 0.855. The minimum absolute atomic E-state index is 0.346. The molecule has 0 radical (unpaired) electrons. The predicted octanol–water partition coefficient (Wildman–Crippen LogP) is 4.44. The second kappa shape index (κ2) is 6.74. The molecule has 1 nitrogen and oxygen atoms in total. The van der Waals surface area contributed by atoms with Gasteiger partial charge in [0.1, 0.15) is 0 Å². The molecule has 0 fully saturated rings. The normalized spacial score (nSPS) is 14.1. The predicted molar refractivity (Wildman–Crippen MR) is 80.6 cm³/mol. The van der Waals surface area contributed by atoms with Gasteiger partial charge in [-0.05, 0) is 36.0 Å². The van der Waals surface area contributed by atoms with E-state index in [1.54, 1.807) is 0 Å². The van der Waals surface area contributed by atoms with Gasteiger partial charge < -0.3 is 5.11 Å². The first-order valence-electron chi connectivity index (χ1n) is 6.63.